The van der Waals surface area contributed by atoms with Crippen LogP contribution in [0.5, 0.6) is 0 Å². The van der Waals surface area contributed by atoms with Gasteiger partial charge in [-0.2, -0.15) is 0 Å². The summed E-state index contributed by atoms with van der Waals surface area (Å²) < 4.78 is 4.61. The van der Waals surface area contributed by atoms with Crippen molar-refractivity contribution >= 4 is 12.9 Å². The third-order valence-corrected chi connectivity index (χ3v) is 1.04. The molecule has 0 aromatic heterocycles. The van der Waals surface area contributed by atoms with Crippen molar-refractivity contribution in [3.63, 3.8) is 0 Å². The van der Waals surface area contributed by atoms with Crippen LogP contribution in [0.1, 0.15) is 13.3 Å². The maximum Gasteiger partial charge on any atom is 0.0725 e. The fourth-order valence-electron chi connectivity index (χ4n) is 0.278. The normalized spacial score (nSPS) is 13.4. The molecule has 0 heterocycles. The van der Waals surface area contributed by atoms with Crippen molar-refractivity contribution in [2.45, 2.75) is 19.4 Å². The van der Waals surface area contributed by atoms with Gasteiger partial charge in [0.1, 0.15) is 0 Å². The molecule has 2 heteroatoms. The highest BCUT2D eigenvalue weighted by Crippen LogP contribution is 1.97. The molecular formula is C5H10OS. The molecule has 0 rings (SSSR count). The van der Waals surface area contributed by atoms with Crippen molar-refractivity contribution in [2.75, 3.05) is 0 Å². The SMILES string of the molecule is C=CCC(C)OS. The molecule has 0 aliphatic carbocycles. The molecule has 0 bridgehead atoms. The molecule has 0 aliphatic rings. The van der Waals surface area contributed by atoms with Crippen LogP contribution in [0, 0.1) is 0 Å². The van der Waals surface area contributed by atoms with E-state index in [2.05, 4.69) is 23.7 Å². The number of thiol groups is 1. The van der Waals surface area contributed by atoms with Crippen LogP contribution in [0.4, 0.5) is 0 Å². The van der Waals surface area contributed by atoms with Crippen molar-refractivity contribution in [1.82, 2.24) is 0 Å². The first-order valence-corrected chi connectivity index (χ1v) is 2.59. The molecule has 1 atom stereocenters. The Morgan fingerprint density at radius 1 is 2.00 bits per heavy atom. The average Bonchev–Trinajstić information content (AvgIpc) is 1.68. The van der Waals surface area contributed by atoms with E-state index >= 15 is 0 Å². The fourth-order valence-corrected chi connectivity index (χ4v) is 0.364. The Bertz CT molecular complexity index is 54.0. The van der Waals surface area contributed by atoms with Crippen molar-refractivity contribution < 1.29 is 4.18 Å². The van der Waals surface area contributed by atoms with Gasteiger partial charge in [0, 0.05) is 0 Å². The van der Waals surface area contributed by atoms with Crippen LogP contribution in [0.2, 0.25) is 0 Å². The summed E-state index contributed by atoms with van der Waals surface area (Å²) in [6.45, 7) is 5.47. The Morgan fingerprint density at radius 2 is 2.57 bits per heavy atom. The lowest BCUT2D eigenvalue weighted by molar-refractivity contribution is 0.275. The van der Waals surface area contributed by atoms with E-state index in [1.807, 2.05) is 6.92 Å². The van der Waals surface area contributed by atoms with Crippen molar-refractivity contribution in [1.29, 1.82) is 0 Å². The lowest BCUT2D eigenvalue weighted by Crippen LogP contribution is -1.97. The zero-order valence-electron chi connectivity index (χ0n) is 4.42. The summed E-state index contributed by atoms with van der Waals surface area (Å²) in [7, 11) is 0. The third kappa shape index (κ3) is 3.89. The molecule has 0 aromatic carbocycles. The molecule has 0 aliphatic heterocycles. The summed E-state index contributed by atoms with van der Waals surface area (Å²) in [4.78, 5) is 0. The molecule has 0 saturated heterocycles. The maximum absolute atomic E-state index is 4.61. The van der Waals surface area contributed by atoms with Gasteiger partial charge in [-0.05, 0) is 26.3 Å². The van der Waals surface area contributed by atoms with Gasteiger partial charge in [0.2, 0.25) is 0 Å². The summed E-state index contributed by atoms with van der Waals surface area (Å²) in [6, 6.07) is 0. The highest BCUT2D eigenvalue weighted by molar-refractivity contribution is 7.75. The zero-order chi connectivity index (χ0) is 5.70. The second-order valence-electron chi connectivity index (χ2n) is 1.44. The number of hydrogen-bond acceptors (Lipinski definition) is 2. The Morgan fingerprint density at radius 3 is 2.71 bits per heavy atom. The number of hydrogen-bond donors (Lipinski definition) is 1. The van der Waals surface area contributed by atoms with Gasteiger partial charge in [-0.15, -0.1) is 6.58 Å². The molecule has 0 radical (unpaired) electrons. The summed E-state index contributed by atoms with van der Waals surface area (Å²) >= 11 is 3.60. The van der Waals surface area contributed by atoms with Crippen LogP contribution in [-0.2, 0) is 4.18 Å². The maximum atomic E-state index is 4.61. The molecule has 7 heavy (non-hydrogen) atoms. The van der Waals surface area contributed by atoms with E-state index in [-0.39, 0.29) is 6.10 Å². The highest BCUT2D eigenvalue weighted by Gasteiger charge is 1.91. The molecule has 1 nitrogen and oxygen atoms in total. The van der Waals surface area contributed by atoms with Crippen LogP contribution in [0.3, 0.4) is 0 Å². The Kier molecular flexibility index (Phi) is 4.25. The Balaban J connectivity index is 2.98. The molecule has 0 aromatic rings. The average molecular weight is 118 g/mol. The minimum atomic E-state index is 0.195. The monoisotopic (exact) mass is 118 g/mol. The van der Waals surface area contributed by atoms with Gasteiger partial charge in [-0.1, -0.05) is 6.08 Å². The summed E-state index contributed by atoms with van der Waals surface area (Å²) in [5.41, 5.74) is 0. The predicted octanol–water partition coefficient (Wildman–Crippen LogP) is 1.81. The van der Waals surface area contributed by atoms with Crippen LogP contribution in [0.25, 0.3) is 0 Å². The quantitative estimate of drug-likeness (QED) is 0.338. The van der Waals surface area contributed by atoms with Crippen LogP contribution >= 0.6 is 12.9 Å². The first kappa shape index (κ1) is 7.05. The molecule has 0 spiro atoms. The lowest BCUT2D eigenvalue weighted by atomic mass is 10.3. The standard InChI is InChI=1S/C5H10OS/c1-3-4-5(2)6-7/h3,5,7H,1,4H2,2H3. The van der Waals surface area contributed by atoms with Crippen LogP contribution in [-0.4, -0.2) is 6.10 Å². The molecule has 0 N–H and O–H groups in total. The van der Waals surface area contributed by atoms with E-state index in [4.69, 9.17) is 0 Å². The Hall–Kier alpha value is 0.0500. The van der Waals surface area contributed by atoms with Crippen LogP contribution < -0.4 is 0 Å². The van der Waals surface area contributed by atoms with E-state index in [1.54, 1.807) is 6.08 Å². The third-order valence-electron chi connectivity index (χ3n) is 0.679. The van der Waals surface area contributed by atoms with Crippen molar-refractivity contribution in [3.05, 3.63) is 12.7 Å². The first-order chi connectivity index (χ1) is 3.31. The minimum Gasteiger partial charge on any atom is -0.315 e. The van der Waals surface area contributed by atoms with E-state index < -0.39 is 0 Å². The highest BCUT2D eigenvalue weighted by atomic mass is 32.1. The summed E-state index contributed by atoms with van der Waals surface area (Å²) in [5.74, 6) is 0. The van der Waals surface area contributed by atoms with Gasteiger partial charge < -0.3 is 4.18 Å². The van der Waals surface area contributed by atoms with Crippen LogP contribution in [0.15, 0.2) is 12.7 Å². The second kappa shape index (κ2) is 4.22. The Labute approximate surface area is 50.0 Å². The lowest BCUT2D eigenvalue weighted by Gasteiger charge is -2.00. The molecular weight excluding hydrogens is 108 g/mol. The van der Waals surface area contributed by atoms with Crippen molar-refractivity contribution in [2.24, 2.45) is 0 Å². The second-order valence-corrected chi connectivity index (χ2v) is 1.65. The van der Waals surface area contributed by atoms with Gasteiger partial charge in [0.05, 0.1) is 6.10 Å². The zero-order valence-corrected chi connectivity index (χ0v) is 5.32. The summed E-state index contributed by atoms with van der Waals surface area (Å²) in [5, 5.41) is 0. The predicted molar refractivity (Wildman–Crippen MR) is 34.3 cm³/mol. The molecule has 0 amide bonds. The molecule has 1 unspecified atom stereocenters. The molecule has 0 saturated carbocycles. The van der Waals surface area contributed by atoms with E-state index in [0.29, 0.717) is 0 Å². The molecule has 42 valence electrons. The summed E-state index contributed by atoms with van der Waals surface area (Å²) in [6.07, 6.45) is 2.87. The van der Waals surface area contributed by atoms with E-state index in [1.165, 1.54) is 0 Å². The largest absolute Gasteiger partial charge is 0.315 e. The van der Waals surface area contributed by atoms with Gasteiger partial charge in [-0.25, -0.2) is 0 Å². The van der Waals surface area contributed by atoms with Crippen molar-refractivity contribution in [3.8, 4) is 0 Å². The van der Waals surface area contributed by atoms with E-state index in [0.717, 1.165) is 6.42 Å². The first-order valence-electron chi connectivity index (χ1n) is 2.22. The van der Waals surface area contributed by atoms with Gasteiger partial charge >= 0.3 is 0 Å². The molecule has 0 fully saturated rings. The smallest absolute Gasteiger partial charge is 0.0725 e. The number of rotatable bonds is 3. The van der Waals surface area contributed by atoms with Gasteiger partial charge in [0.15, 0.2) is 0 Å². The van der Waals surface area contributed by atoms with E-state index in [9.17, 15) is 0 Å². The van der Waals surface area contributed by atoms with Gasteiger partial charge in [0.25, 0.3) is 0 Å². The fraction of sp³-hybridized carbons (Fsp3) is 0.600. The van der Waals surface area contributed by atoms with Gasteiger partial charge in [-0.3, -0.25) is 0 Å². The topological polar surface area (TPSA) is 9.23 Å². The minimum absolute atomic E-state index is 0.195.